The third-order valence-electron chi connectivity index (χ3n) is 3.25. The molecule has 0 unspecified atom stereocenters. The molecule has 0 saturated carbocycles. The van der Waals surface area contributed by atoms with Gasteiger partial charge < -0.3 is 4.42 Å². The zero-order chi connectivity index (χ0) is 17.1. The van der Waals surface area contributed by atoms with Crippen molar-refractivity contribution in [3.63, 3.8) is 0 Å². The predicted molar refractivity (Wildman–Crippen MR) is 91.0 cm³/mol. The van der Waals surface area contributed by atoms with E-state index >= 15 is 0 Å². The van der Waals surface area contributed by atoms with Crippen molar-refractivity contribution < 1.29 is 18.8 Å². The van der Waals surface area contributed by atoms with E-state index in [1.54, 1.807) is 42.5 Å². The van der Waals surface area contributed by atoms with Crippen molar-refractivity contribution in [2.45, 2.75) is 0 Å². The van der Waals surface area contributed by atoms with E-state index in [1.165, 1.54) is 18.4 Å². The number of allylic oxidation sites excluding steroid dienone is 2. The highest BCUT2D eigenvalue weighted by Crippen LogP contribution is 2.22. The molecule has 0 radical (unpaired) electrons. The van der Waals surface area contributed by atoms with Gasteiger partial charge in [-0.15, -0.1) is 0 Å². The molecule has 1 aromatic carbocycles. The third-order valence-corrected chi connectivity index (χ3v) is 3.78. The van der Waals surface area contributed by atoms with Crippen molar-refractivity contribution in [3.8, 4) is 0 Å². The van der Waals surface area contributed by atoms with Crippen molar-refractivity contribution in [2.24, 2.45) is 0 Å². The van der Waals surface area contributed by atoms with E-state index in [-0.39, 0.29) is 5.57 Å². The van der Waals surface area contributed by atoms with Gasteiger partial charge in [-0.25, -0.2) is 9.69 Å². The second-order valence-electron chi connectivity index (χ2n) is 4.83. The number of halogens is 1. The molecular weight excluding hydrogens is 376 g/mol. The lowest BCUT2D eigenvalue weighted by Crippen LogP contribution is -2.54. The second kappa shape index (κ2) is 6.67. The van der Waals surface area contributed by atoms with Gasteiger partial charge in [0.2, 0.25) is 0 Å². The Labute approximate surface area is 145 Å². The molecule has 7 heteroatoms. The average molecular weight is 387 g/mol. The molecule has 2 aromatic rings. The van der Waals surface area contributed by atoms with E-state index < -0.39 is 17.8 Å². The van der Waals surface area contributed by atoms with Gasteiger partial charge in [-0.3, -0.25) is 14.9 Å². The Morgan fingerprint density at radius 2 is 1.83 bits per heavy atom. The molecule has 2 heterocycles. The fourth-order valence-corrected chi connectivity index (χ4v) is 2.39. The number of nitrogens with zero attached hydrogens (tertiary/aromatic N) is 1. The lowest BCUT2D eigenvalue weighted by Gasteiger charge is -2.26. The van der Waals surface area contributed by atoms with Crippen LogP contribution >= 0.6 is 15.9 Å². The summed E-state index contributed by atoms with van der Waals surface area (Å²) in [5.74, 6) is -0.839. The Kier molecular flexibility index (Phi) is 4.43. The van der Waals surface area contributed by atoms with Crippen molar-refractivity contribution in [2.75, 3.05) is 4.90 Å². The number of hydrogen-bond acceptors (Lipinski definition) is 4. The highest BCUT2D eigenvalue weighted by molar-refractivity contribution is 9.10. The topological polar surface area (TPSA) is 79.6 Å². The molecule has 120 valence electrons. The van der Waals surface area contributed by atoms with Gasteiger partial charge in [0.15, 0.2) is 0 Å². The fourth-order valence-electron chi connectivity index (χ4n) is 2.13. The molecule has 1 N–H and O–H groups in total. The molecule has 0 bridgehead atoms. The van der Waals surface area contributed by atoms with Crippen LogP contribution in [0.25, 0.3) is 6.08 Å². The summed E-state index contributed by atoms with van der Waals surface area (Å²) in [6.07, 6.45) is 5.98. The SMILES string of the molecule is O=C1NC(=O)N(c2ccc(Br)cc2)C(=O)C1=C/C=C/c1ccco1. The van der Waals surface area contributed by atoms with Gasteiger partial charge >= 0.3 is 6.03 Å². The minimum Gasteiger partial charge on any atom is -0.465 e. The summed E-state index contributed by atoms with van der Waals surface area (Å²) in [6.45, 7) is 0. The molecule has 1 aromatic heterocycles. The third kappa shape index (κ3) is 3.21. The smallest absolute Gasteiger partial charge is 0.335 e. The summed E-state index contributed by atoms with van der Waals surface area (Å²) in [6, 6.07) is 9.29. The van der Waals surface area contributed by atoms with Gasteiger partial charge in [0.25, 0.3) is 11.8 Å². The Morgan fingerprint density at radius 3 is 2.50 bits per heavy atom. The summed E-state index contributed by atoms with van der Waals surface area (Å²) in [5, 5.41) is 2.16. The summed E-state index contributed by atoms with van der Waals surface area (Å²) < 4.78 is 5.93. The van der Waals surface area contributed by atoms with Crippen LogP contribution in [0.3, 0.4) is 0 Å². The average Bonchev–Trinajstić information content (AvgIpc) is 3.05. The first kappa shape index (κ1) is 15.9. The van der Waals surface area contributed by atoms with Crippen molar-refractivity contribution >= 4 is 45.5 Å². The molecule has 24 heavy (non-hydrogen) atoms. The Balaban J connectivity index is 1.89. The summed E-state index contributed by atoms with van der Waals surface area (Å²) in [4.78, 5) is 37.4. The standard InChI is InChI=1S/C17H11BrN2O4/c18-11-6-8-12(9-7-11)20-16(22)14(15(21)19-17(20)23)5-1-3-13-4-2-10-24-13/h1-10H,(H,19,21,23)/b3-1+,14-5?. The summed E-state index contributed by atoms with van der Waals surface area (Å²) in [7, 11) is 0. The summed E-state index contributed by atoms with van der Waals surface area (Å²) in [5.41, 5.74) is 0.231. The first-order valence-corrected chi connectivity index (χ1v) is 7.73. The number of urea groups is 1. The molecule has 0 spiro atoms. The number of carbonyl (C=O) groups excluding carboxylic acids is 3. The van der Waals surface area contributed by atoms with Gasteiger partial charge in [0.1, 0.15) is 11.3 Å². The quantitative estimate of drug-likeness (QED) is 0.648. The second-order valence-corrected chi connectivity index (χ2v) is 5.75. The lowest BCUT2D eigenvalue weighted by atomic mass is 10.1. The number of anilines is 1. The van der Waals surface area contributed by atoms with E-state index in [0.717, 1.165) is 9.37 Å². The number of imide groups is 2. The number of furan rings is 1. The van der Waals surface area contributed by atoms with Crippen LogP contribution < -0.4 is 10.2 Å². The Hall–Kier alpha value is -2.93. The zero-order valence-electron chi connectivity index (χ0n) is 12.2. The molecule has 0 atom stereocenters. The Bertz CT molecular complexity index is 851. The maximum absolute atomic E-state index is 12.5. The minimum atomic E-state index is -0.778. The molecule has 1 fully saturated rings. The molecular formula is C17H11BrN2O4. The lowest BCUT2D eigenvalue weighted by molar-refractivity contribution is -0.122. The first-order chi connectivity index (χ1) is 11.6. The number of carbonyl (C=O) groups is 3. The maximum Gasteiger partial charge on any atom is 0.335 e. The van der Waals surface area contributed by atoms with E-state index in [2.05, 4.69) is 21.2 Å². The highest BCUT2D eigenvalue weighted by atomic mass is 79.9. The molecule has 3 rings (SSSR count). The number of amides is 4. The number of barbiturate groups is 1. The Morgan fingerprint density at radius 1 is 1.08 bits per heavy atom. The fraction of sp³-hybridized carbons (Fsp3) is 0. The first-order valence-electron chi connectivity index (χ1n) is 6.93. The van der Waals surface area contributed by atoms with Crippen LogP contribution in [0.15, 0.2) is 69.3 Å². The number of benzene rings is 1. The van der Waals surface area contributed by atoms with E-state index in [1.807, 2.05) is 0 Å². The normalized spacial score (nSPS) is 17.0. The van der Waals surface area contributed by atoms with Gasteiger partial charge in [0.05, 0.1) is 12.0 Å². The van der Waals surface area contributed by atoms with Crippen LogP contribution in [0.2, 0.25) is 0 Å². The van der Waals surface area contributed by atoms with Gasteiger partial charge in [-0.1, -0.05) is 22.0 Å². The molecule has 0 aliphatic carbocycles. The van der Waals surface area contributed by atoms with Crippen LogP contribution in [0.4, 0.5) is 10.5 Å². The van der Waals surface area contributed by atoms with Gasteiger partial charge in [-0.05, 0) is 48.6 Å². The largest absolute Gasteiger partial charge is 0.465 e. The minimum absolute atomic E-state index is 0.139. The highest BCUT2D eigenvalue weighted by Gasteiger charge is 2.36. The molecule has 1 saturated heterocycles. The van der Waals surface area contributed by atoms with Gasteiger partial charge in [-0.2, -0.15) is 0 Å². The molecule has 6 nitrogen and oxygen atoms in total. The molecule has 1 aliphatic rings. The van der Waals surface area contributed by atoms with E-state index in [9.17, 15) is 14.4 Å². The van der Waals surface area contributed by atoms with Crippen LogP contribution in [0.1, 0.15) is 5.76 Å². The number of nitrogens with one attached hydrogen (secondary N) is 1. The molecule has 1 aliphatic heterocycles. The zero-order valence-corrected chi connectivity index (χ0v) is 13.8. The predicted octanol–water partition coefficient (Wildman–Crippen LogP) is 3.26. The van der Waals surface area contributed by atoms with E-state index in [0.29, 0.717) is 11.4 Å². The van der Waals surface area contributed by atoms with Crippen molar-refractivity contribution in [3.05, 3.63) is 70.6 Å². The summed E-state index contributed by atoms with van der Waals surface area (Å²) >= 11 is 3.29. The van der Waals surface area contributed by atoms with Crippen molar-refractivity contribution in [1.82, 2.24) is 5.32 Å². The monoisotopic (exact) mass is 386 g/mol. The van der Waals surface area contributed by atoms with Crippen LogP contribution in [-0.4, -0.2) is 17.8 Å². The van der Waals surface area contributed by atoms with Crippen molar-refractivity contribution in [1.29, 1.82) is 0 Å². The number of hydrogen-bond donors (Lipinski definition) is 1. The number of rotatable bonds is 3. The van der Waals surface area contributed by atoms with Gasteiger partial charge in [0, 0.05) is 4.47 Å². The van der Waals surface area contributed by atoms with Crippen LogP contribution in [0.5, 0.6) is 0 Å². The van der Waals surface area contributed by atoms with Crippen LogP contribution in [0, 0.1) is 0 Å². The maximum atomic E-state index is 12.5. The molecule has 4 amide bonds. The van der Waals surface area contributed by atoms with E-state index in [4.69, 9.17) is 4.42 Å². The van der Waals surface area contributed by atoms with Crippen LogP contribution in [-0.2, 0) is 9.59 Å².